The Morgan fingerprint density at radius 3 is 2.75 bits per heavy atom. The molecule has 0 unspecified atom stereocenters. The average Bonchev–Trinajstić information content (AvgIpc) is 2.57. The molecule has 0 heterocycles. The molecule has 0 fully saturated rings. The topological polar surface area (TPSA) is 20.2 Å². The summed E-state index contributed by atoms with van der Waals surface area (Å²) in [4.78, 5) is 0. The molecule has 0 atom stereocenters. The van der Waals surface area contributed by atoms with Gasteiger partial charge in [-0.05, 0) is 75.5 Å². The van der Waals surface area contributed by atoms with Crippen LogP contribution in [0.4, 0.5) is 0 Å². The van der Waals surface area contributed by atoms with Crippen LogP contribution in [0, 0.1) is 3.57 Å². The van der Waals surface area contributed by atoms with Crippen LogP contribution in [-0.2, 0) is 6.42 Å². The van der Waals surface area contributed by atoms with Gasteiger partial charge in [0.15, 0.2) is 0 Å². The lowest BCUT2D eigenvalue weighted by atomic mass is 10.1. The first-order chi connectivity index (χ1) is 7.65. The first kappa shape index (κ1) is 10.6. The van der Waals surface area contributed by atoms with Crippen molar-refractivity contribution < 1.29 is 5.11 Å². The molecule has 1 nitrogen and oxygen atoms in total. The molecule has 0 bridgehead atoms. The summed E-state index contributed by atoms with van der Waals surface area (Å²) in [6, 6.07) is 10.1. The van der Waals surface area contributed by atoms with Gasteiger partial charge < -0.3 is 5.11 Å². The SMILES string of the molecule is Oc1cc(Br)c2c(c1)-c1cc(I)ccc1C2. The molecular formula is C13H8BrIO. The Hall–Kier alpha value is -0.550. The maximum atomic E-state index is 9.64. The first-order valence-electron chi connectivity index (χ1n) is 4.95. The van der Waals surface area contributed by atoms with Crippen molar-refractivity contribution in [3.05, 3.63) is 49.5 Å². The third-order valence-corrected chi connectivity index (χ3v) is 4.29. The van der Waals surface area contributed by atoms with Crippen LogP contribution >= 0.6 is 38.5 Å². The van der Waals surface area contributed by atoms with E-state index in [-0.39, 0.29) is 0 Å². The molecule has 2 aromatic carbocycles. The van der Waals surface area contributed by atoms with Gasteiger partial charge >= 0.3 is 0 Å². The number of rotatable bonds is 0. The van der Waals surface area contributed by atoms with Crippen molar-refractivity contribution in [2.45, 2.75) is 6.42 Å². The van der Waals surface area contributed by atoms with Gasteiger partial charge in [-0.1, -0.05) is 22.0 Å². The smallest absolute Gasteiger partial charge is 0.117 e. The molecule has 0 aromatic heterocycles. The second-order valence-corrected chi connectivity index (χ2v) is 6.03. The van der Waals surface area contributed by atoms with Crippen molar-refractivity contribution >= 4 is 38.5 Å². The number of phenolic OH excluding ortho intramolecular Hbond substituents is 1. The van der Waals surface area contributed by atoms with E-state index in [0.717, 1.165) is 16.5 Å². The van der Waals surface area contributed by atoms with Gasteiger partial charge in [0, 0.05) is 8.04 Å². The van der Waals surface area contributed by atoms with Crippen molar-refractivity contribution in [2.24, 2.45) is 0 Å². The summed E-state index contributed by atoms with van der Waals surface area (Å²) in [5.74, 6) is 0.317. The van der Waals surface area contributed by atoms with Crippen molar-refractivity contribution in [2.75, 3.05) is 0 Å². The summed E-state index contributed by atoms with van der Waals surface area (Å²) in [6.45, 7) is 0. The van der Waals surface area contributed by atoms with E-state index in [0.29, 0.717) is 5.75 Å². The number of fused-ring (bicyclic) bond motifs is 3. The quantitative estimate of drug-likeness (QED) is 0.570. The second kappa shape index (κ2) is 3.74. The molecule has 0 radical (unpaired) electrons. The molecule has 2 aromatic rings. The normalized spacial score (nSPS) is 12.4. The fourth-order valence-electron chi connectivity index (χ4n) is 2.19. The van der Waals surface area contributed by atoms with Gasteiger partial charge in [0.1, 0.15) is 5.75 Å². The predicted molar refractivity (Wildman–Crippen MR) is 76.8 cm³/mol. The fourth-order valence-corrected chi connectivity index (χ4v) is 3.27. The van der Waals surface area contributed by atoms with Gasteiger partial charge in [-0.2, -0.15) is 0 Å². The van der Waals surface area contributed by atoms with Gasteiger partial charge in [0.2, 0.25) is 0 Å². The van der Waals surface area contributed by atoms with E-state index in [1.54, 1.807) is 6.07 Å². The molecule has 80 valence electrons. The number of benzene rings is 2. The summed E-state index contributed by atoms with van der Waals surface area (Å²) in [5, 5.41) is 9.64. The van der Waals surface area contributed by atoms with Crippen LogP contribution in [0.3, 0.4) is 0 Å². The Labute approximate surface area is 116 Å². The van der Waals surface area contributed by atoms with Crippen LogP contribution in [0.25, 0.3) is 11.1 Å². The zero-order chi connectivity index (χ0) is 11.3. The molecule has 1 aliphatic rings. The largest absolute Gasteiger partial charge is 0.508 e. The van der Waals surface area contributed by atoms with E-state index in [1.807, 2.05) is 6.07 Å². The zero-order valence-electron chi connectivity index (χ0n) is 8.30. The van der Waals surface area contributed by atoms with E-state index in [1.165, 1.54) is 20.3 Å². The van der Waals surface area contributed by atoms with Crippen molar-refractivity contribution in [3.8, 4) is 16.9 Å². The van der Waals surface area contributed by atoms with E-state index >= 15 is 0 Å². The van der Waals surface area contributed by atoms with E-state index < -0.39 is 0 Å². The third-order valence-electron chi connectivity index (χ3n) is 2.91. The van der Waals surface area contributed by atoms with Crippen LogP contribution in [0.5, 0.6) is 5.75 Å². The van der Waals surface area contributed by atoms with Crippen molar-refractivity contribution in [3.63, 3.8) is 0 Å². The lowest BCUT2D eigenvalue weighted by molar-refractivity contribution is 0.475. The summed E-state index contributed by atoms with van der Waals surface area (Å²) >= 11 is 5.83. The number of halogens is 2. The molecule has 0 saturated heterocycles. The van der Waals surface area contributed by atoms with Crippen LogP contribution in [0.2, 0.25) is 0 Å². The van der Waals surface area contributed by atoms with Gasteiger partial charge in [-0.15, -0.1) is 0 Å². The lowest BCUT2D eigenvalue weighted by Crippen LogP contribution is -1.82. The monoisotopic (exact) mass is 386 g/mol. The summed E-state index contributed by atoms with van der Waals surface area (Å²) in [5.41, 5.74) is 5.01. The van der Waals surface area contributed by atoms with Gasteiger partial charge in [0.05, 0.1) is 0 Å². The Morgan fingerprint density at radius 1 is 1.12 bits per heavy atom. The molecule has 0 aliphatic heterocycles. The molecule has 16 heavy (non-hydrogen) atoms. The van der Waals surface area contributed by atoms with Gasteiger partial charge in [0.25, 0.3) is 0 Å². The minimum atomic E-state index is 0.317. The Bertz CT molecular complexity index is 593. The molecule has 0 amide bonds. The Morgan fingerprint density at radius 2 is 1.94 bits per heavy atom. The minimum Gasteiger partial charge on any atom is -0.508 e. The van der Waals surface area contributed by atoms with Crippen LogP contribution in [0.1, 0.15) is 11.1 Å². The second-order valence-electron chi connectivity index (χ2n) is 3.93. The van der Waals surface area contributed by atoms with E-state index in [4.69, 9.17) is 0 Å². The molecule has 0 saturated carbocycles. The van der Waals surface area contributed by atoms with Crippen LogP contribution in [-0.4, -0.2) is 5.11 Å². The van der Waals surface area contributed by atoms with E-state index in [9.17, 15) is 5.11 Å². The number of phenols is 1. The standard InChI is InChI=1S/C13H8BrIO/c14-13-6-9(16)5-11-10-4-8(15)2-1-7(10)3-12(11)13/h1-2,4-6,16H,3H2. The highest BCUT2D eigenvalue weighted by Crippen LogP contribution is 2.42. The van der Waals surface area contributed by atoms with Crippen LogP contribution in [0.15, 0.2) is 34.8 Å². The number of hydrogen-bond donors (Lipinski definition) is 1. The molecule has 3 heteroatoms. The van der Waals surface area contributed by atoms with Gasteiger partial charge in [-0.3, -0.25) is 0 Å². The first-order valence-corrected chi connectivity index (χ1v) is 6.82. The highest BCUT2D eigenvalue weighted by atomic mass is 127. The highest BCUT2D eigenvalue weighted by molar-refractivity contribution is 14.1. The fraction of sp³-hybridized carbons (Fsp3) is 0.0769. The summed E-state index contributed by atoms with van der Waals surface area (Å²) < 4.78 is 2.22. The summed E-state index contributed by atoms with van der Waals surface area (Å²) in [6.07, 6.45) is 0.947. The lowest BCUT2D eigenvalue weighted by Gasteiger charge is -2.04. The number of hydrogen-bond acceptors (Lipinski definition) is 1. The molecule has 1 N–H and O–H groups in total. The Balaban J connectivity index is 2.31. The van der Waals surface area contributed by atoms with E-state index in [2.05, 4.69) is 56.7 Å². The van der Waals surface area contributed by atoms with Crippen LogP contribution < -0.4 is 0 Å². The van der Waals surface area contributed by atoms with Crippen molar-refractivity contribution in [1.82, 2.24) is 0 Å². The summed E-state index contributed by atoms with van der Waals surface area (Å²) in [7, 11) is 0. The highest BCUT2D eigenvalue weighted by Gasteiger charge is 2.21. The third kappa shape index (κ3) is 1.57. The minimum absolute atomic E-state index is 0.317. The molecular weight excluding hydrogens is 379 g/mol. The molecule has 1 aliphatic carbocycles. The Kier molecular flexibility index (Phi) is 2.47. The molecule has 0 spiro atoms. The zero-order valence-corrected chi connectivity index (χ0v) is 12.0. The predicted octanol–water partition coefficient (Wildman–Crippen LogP) is 4.33. The van der Waals surface area contributed by atoms with Gasteiger partial charge in [-0.25, -0.2) is 0 Å². The maximum Gasteiger partial charge on any atom is 0.117 e. The maximum absolute atomic E-state index is 9.64. The van der Waals surface area contributed by atoms with Crippen molar-refractivity contribution in [1.29, 1.82) is 0 Å². The average molecular weight is 387 g/mol. The molecule has 3 rings (SSSR count). The number of aromatic hydroxyl groups is 1.